The summed E-state index contributed by atoms with van der Waals surface area (Å²) in [6.45, 7) is 0. The molecule has 0 saturated heterocycles. The second kappa shape index (κ2) is 7.80. The second-order valence-electron chi connectivity index (χ2n) is 7.68. The number of H-pyrrole nitrogens is 1. The number of thiophene rings is 1. The minimum Gasteiger partial charge on any atom is -0.322 e. The average molecular weight is 400 g/mol. The van der Waals surface area contributed by atoms with Crippen LogP contribution in [0, 0.1) is 0 Å². The number of hydrogen-bond acceptors (Lipinski definition) is 6. The monoisotopic (exact) mass is 399 g/mol. The van der Waals surface area contributed by atoms with Gasteiger partial charge >= 0.3 is 0 Å². The molecular weight excluding hydrogens is 374 g/mol. The van der Waals surface area contributed by atoms with E-state index in [-0.39, 0.29) is 0 Å². The third-order valence-corrected chi connectivity index (χ3v) is 7.85. The first-order chi connectivity index (χ1) is 13.3. The minimum absolute atomic E-state index is 0.637. The van der Waals surface area contributed by atoms with Crippen LogP contribution < -0.4 is 5.32 Å². The summed E-state index contributed by atoms with van der Waals surface area (Å²) >= 11 is 3.53. The summed E-state index contributed by atoms with van der Waals surface area (Å²) in [4.78, 5) is 9.66. The SMILES string of the molecule is c1cc2nc(SC3CCCCC3)nc(Nc3cc(C4CCCC4)[nH]n3)c2s1. The first-order valence-corrected chi connectivity index (χ1v) is 11.9. The van der Waals surface area contributed by atoms with Crippen LogP contribution in [0.4, 0.5) is 11.6 Å². The normalized spacial score (nSPS) is 19.1. The largest absolute Gasteiger partial charge is 0.322 e. The highest BCUT2D eigenvalue weighted by Gasteiger charge is 2.21. The van der Waals surface area contributed by atoms with Gasteiger partial charge in [0.2, 0.25) is 0 Å². The van der Waals surface area contributed by atoms with Gasteiger partial charge in [-0.05, 0) is 37.1 Å². The van der Waals surface area contributed by atoms with E-state index < -0.39 is 0 Å². The Morgan fingerprint density at radius 2 is 1.85 bits per heavy atom. The summed E-state index contributed by atoms with van der Waals surface area (Å²) in [5.41, 5.74) is 2.28. The molecule has 0 aromatic carbocycles. The minimum atomic E-state index is 0.637. The third-order valence-electron chi connectivity index (χ3n) is 5.75. The zero-order valence-electron chi connectivity index (χ0n) is 15.4. The smallest absolute Gasteiger partial charge is 0.190 e. The molecule has 142 valence electrons. The van der Waals surface area contributed by atoms with Gasteiger partial charge < -0.3 is 5.32 Å². The average Bonchev–Trinajstić information content (AvgIpc) is 3.44. The van der Waals surface area contributed by atoms with E-state index >= 15 is 0 Å². The fraction of sp³-hybridized carbons (Fsp3) is 0.550. The van der Waals surface area contributed by atoms with Crippen LogP contribution in [0.1, 0.15) is 69.4 Å². The van der Waals surface area contributed by atoms with E-state index in [0.29, 0.717) is 11.2 Å². The second-order valence-corrected chi connectivity index (χ2v) is 9.87. The van der Waals surface area contributed by atoms with Crippen molar-refractivity contribution in [3.05, 3.63) is 23.2 Å². The summed E-state index contributed by atoms with van der Waals surface area (Å²) in [5, 5.41) is 14.8. The van der Waals surface area contributed by atoms with Crippen molar-refractivity contribution >= 4 is 45.0 Å². The van der Waals surface area contributed by atoms with Gasteiger partial charge in [0.15, 0.2) is 16.8 Å². The third kappa shape index (κ3) is 3.85. The molecule has 3 heterocycles. The molecular formula is C20H25N5S2. The van der Waals surface area contributed by atoms with Crippen LogP contribution in [0.25, 0.3) is 10.2 Å². The molecule has 0 bridgehead atoms. The lowest BCUT2D eigenvalue weighted by Crippen LogP contribution is -2.09. The summed E-state index contributed by atoms with van der Waals surface area (Å²) in [5.74, 6) is 2.38. The Morgan fingerprint density at radius 3 is 2.70 bits per heavy atom. The molecule has 3 aromatic heterocycles. The zero-order valence-corrected chi connectivity index (χ0v) is 17.0. The van der Waals surface area contributed by atoms with Crippen LogP contribution in [0.3, 0.4) is 0 Å². The molecule has 5 nitrogen and oxygen atoms in total. The van der Waals surface area contributed by atoms with Gasteiger partial charge in [0.25, 0.3) is 0 Å². The summed E-state index contributed by atoms with van der Waals surface area (Å²) in [6.07, 6.45) is 11.8. The van der Waals surface area contributed by atoms with Crippen molar-refractivity contribution in [2.45, 2.75) is 74.1 Å². The Labute approximate surface area is 167 Å². The Morgan fingerprint density at radius 1 is 1.04 bits per heavy atom. The lowest BCUT2D eigenvalue weighted by molar-refractivity contribution is 0.515. The van der Waals surface area contributed by atoms with Crippen LogP contribution in [0.2, 0.25) is 0 Å². The van der Waals surface area contributed by atoms with Crippen LogP contribution in [0.15, 0.2) is 22.7 Å². The number of rotatable bonds is 5. The molecule has 2 fully saturated rings. The molecule has 7 heteroatoms. The van der Waals surface area contributed by atoms with E-state index in [9.17, 15) is 0 Å². The van der Waals surface area contributed by atoms with Crippen LogP contribution >= 0.6 is 23.1 Å². The summed E-state index contributed by atoms with van der Waals surface area (Å²) < 4.78 is 1.11. The summed E-state index contributed by atoms with van der Waals surface area (Å²) in [6, 6.07) is 4.25. The highest BCUT2D eigenvalue weighted by atomic mass is 32.2. The Kier molecular flexibility index (Phi) is 5.05. The maximum absolute atomic E-state index is 4.87. The van der Waals surface area contributed by atoms with E-state index in [1.807, 2.05) is 11.8 Å². The number of nitrogens with zero attached hydrogens (tertiary/aromatic N) is 3. The van der Waals surface area contributed by atoms with Gasteiger partial charge in [0, 0.05) is 22.9 Å². The fourth-order valence-electron chi connectivity index (χ4n) is 4.28. The number of fused-ring (bicyclic) bond motifs is 1. The lowest BCUT2D eigenvalue weighted by Gasteiger charge is -2.20. The first-order valence-electron chi connectivity index (χ1n) is 10.1. The Bertz CT molecular complexity index is 906. The Balaban J connectivity index is 1.39. The number of anilines is 2. The highest BCUT2D eigenvalue weighted by Crippen LogP contribution is 2.37. The molecule has 2 aliphatic rings. The predicted molar refractivity (Wildman–Crippen MR) is 113 cm³/mol. The molecule has 0 amide bonds. The number of aromatic nitrogens is 4. The lowest BCUT2D eigenvalue weighted by atomic mass is 10.0. The van der Waals surface area contributed by atoms with E-state index in [0.717, 1.165) is 27.0 Å². The van der Waals surface area contributed by atoms with Gasteiger partial charge in [0.05, 0.1) is 10.2 Å². The molecule has 2 saturated carbocycles. The molecule has 0 aliphatic heterocycles. The molecule has 0 atom stereocenters. The van der Waals surface area contributed by atoms with Crippen molar-refractivity contribution in [1.82, 2.24) is 20.2 Å². The summed E-state index contributed by atoms with van der Waals surface area (Å²) in [7, 11) is 0. The van der Waals surface area contributed by atoms with E-state index in [1.54, 1.807) is 11.3 Å². The van der Waals surface area contributed by atoms with Gasteiger partial charge in [-0.15, -0.1) is 11.3 Å². The molecule has 0 unspecified atom stereocenters. The molecule has 0 radical (unpaired) electrons. The van der Waals surface area contributed by atoms with Gasteiger partial charge in [-0.2, -0.15) is 5.10 Å². The number of nitrogens with one attached hydrogen (secondary N) is 2. The van der Waals surface area contributed by atoms with Crippen molar-refractivity contribution in [3.63, 3.8) is 0 Å². The number of hydrogen-bond donors (Lipinski definition) is 2. The molecule has 27 heavy (non-hydrogen) atoms. The maximum Gasteiger partial charge on any atom is 0.190 e. The fourth-order valence-corrected chi connectivity index (χ4v) is 6.22. The Hall–Kier alpha value is -1.60. The molecule has 2 N–H and O–H groups in total. The quantitative estimate of drug-likeness (QED) is 0.497. The highest BCUT2D eigenvalue weighted by molar-refractivity contribution is 7.99. The predicted octanol–water partition coefficient (Wildman–Crippen LogP) is 6.24. The van der Waals surface area contributed by atoms with Crippen molar-refractivity contribution in [2.24, 2.45) is 0 Å². The number of thioether (sulfide) groups is 1. The molecule has 0 spiro atoms. The van der Waals surface area contributed by atoms with Crippen LogP contribution in [0.5, 0.6) is 0 Å². The zero-order chi connectivity index (χ0) is 18.1. The topological polar surface area (TPSA) is 66.5 Å². The van der Waals surface area contributed by atoms with E-state index in [1.165, 1.54) is 63.5 Å². The molecule has 2 aliphatic carbocycles. The molecule has 3 aromatic rings. The van der Waals surface area contributed by atoms with Crippen LogP contribution in [-0.4, -0.2) is 25.4 Å². The van der Waals surface area contributed by atoms with E-state index in [4.69, 9.17) is 9.97 Å². The van der Waals surface area contributed by atoms with Gasteiger partial charge in [-0.25, -0.2) is 9.97 Å². The van der Waals surface area contributed by atoms with Gasteiger partial charge in [-0.1, -0.05) is 43.9 Å². The molecule has 5 rings (SSSR count). The standard InChI is InChI=1S/C20H25N5S2/c1-2-8-14(9-3-1)27-20-21-15-10-11-26-18(15)19(23-20)22-17-12-16(24-25-17)13-6-4-5-7-13/h10-14H,1-9H2,(H2,21,22,23,24,25). The maximum atomic E-state index is 4.87. The van der Waals surface area contributed by atoms with Crippen molar-refractivity contribution in [2.75, 3.05) is 5.32 Å². The van der Waals surface area contributed by atoms with E-state index in [2.05, 4.69) is 33.0 Å². The first kappa shape index (κ1) is 17.5. The van der Waals surface area contributed by atoms with Gasteiger partial charge in [0.1, 0.15) is 0 Å². The van der Waals surface area contributed by atoms with Crippen molar-refractivity contribution in [1.29, 1.82) is 0 Å². The van der Waals surface area contributed by atoms with Gasteiger partial charge in [-0.3, -0.25) is 5.10 Å². The van der Waals surface area contributed by atoms with Crippen molar-refractivity contribution < 1.29 is 0 Å². The van der Waals surface area contributed by atoms with Crippen molar-refractivity contribution in [3.8, 4) is 0 Å². The van der Waals surface area contributed by atoms with Crippen LogP contribution in [-0.2, 0) is 0 Å². The number of aromatic amines is 1.